The summed E-state index contributed by atoms with van der Waals surface area (Å²) >= 11 is 5.99. The molecule has 0 saturated carbocycles. The Morgan fingerprint density at radius 2 is 2.00 bits per heavy atom. The molecule has 0 fully saturated rings. The number of pyridine rings is 1. The molecule has 0 amide bonds. The molecule has 0 aliphatic heterocycles. The molecule has 1 aromatic carbocycles. The van der Waals surface area contributed by atoms with Crippen molar-refractivity contribution in [1.29, 1.82) is 0 Å². The molecule has 0 N–H and O–H groups in total. The quantitative estimate of drug-likeness (QED) is 0.526. The fourth-order valence-corrected chi connectivity index (χ4v) is 2.96. The largest absolute Gasteiger partial charge is 0.310 e. The highest BCUT2D eigenvalue weighted by molar-refractivity contribution is 6.33. The number of aldehydes is 1. The third-order valence-electron chi connectivity index (χ3n) is 3.89. The molecular weight excluding hydrogens is 333 g/mol. The summed E-state index contributed by atoms with van der Waals surface area (Å²) in [4.78, 5) is 28.2. The van der Waals surface area contributed by atoms with Crippen LogP contribution in [0.15, 0.2) is 53.7 Å². The summed E-state index contributed by atoms with van der Waals surface area (Å²) in [6.07, 6.45) is 5.06. The van der Waals surface area contributed by atoms with E-state index < -0.39 is 11.4 Å². The van der Waals surface area contributed by atoms with Gasteiger partial charge in [-0.1, -0.05) is 17.7 Å². The van der Waals surface area contributed by atoms with Gasteiger partial charge in [0, 0.05) is 24.0 Å². The van der Waals surface area contributed by atoms with E-state index in [-0.39, 0.29) is 21.9 Å². The molecule has 0 bridgehead atoms. The molecule has 0 aliphatic rings. The SMILES string of the molecule is O=Cc1c(Cl)ccnc1-n1ccn2c(cc3c(F)cccc32)c1=O. The van der Waals surface area contributed by atoms with Gasteiger partial charge in [-0.15, -0.1) is 0 Å². The average molecular weight is 342 g/mol. The van der Waals surface area contributed by atoms with E-state index in [9.17, 15) is 14.0 Å². The van der Waals surface area contributed by atoms with Crippen LogP contribution in [0.3, 0.4) is 0 Å². The van der Waals surface area contributed by atoms with Crippen molar-refractivity contribution >= 4 is 34.3 Å². The number of rotatable bonds is 2. The Balaban J connectivity index is 2.10. The first-order valence-electron chi connectivity index (χ1n) is 7.03. The van der Waals surface area contributed by atoms with Gasteiger partial charge in [0.2, 0.25) is 0 Å². The maximum absolute atomic E-state index is 14.0. The van der Waals surface area contributed by atoms with Gasteiger partial charge in [-0.05, 0) is 24.3 Å². The van der Waals surface area contributed by atoms with Gasteiger partial charge in [-0.25, -0.2) is 9.37 Å². The van der Waals surface area contributed by atoms with Crippen LogP contribution in [0.2, 0.25) is 5.02 Å². The van der Waals surface area contributed by atoms with Crippen LogP contribution in [0, 0.1) is 5.82 Å². The van der Waals surface area contributed by atoms with Crippen LogP contribution in [0.25, 0.3) is 22.2 Å². The van der Waals surface area contributed by atoms with Crippen molar-refractivity contribution in [2.24, 2.45) is 0 Å². The molecule has 24 heavy (non-hydrogen) atoms. The molecule has 0 radical (unpaired) electrons. The van der Waals surface area contributed by atoms with E-state index in [1.54, 1.807) is 22.7 Å². The Labute approximate surface area is 139 Å². The van der Waals surface area contributed by atoms with Gasteiger partial charge < -0.3 is 4.40 Å². The van der Waals surface area contributed by atoms with Gasteiger partial charge in [0.15, 0.2) is 12.1 Å². The molecule has 0 saturated heterocycles. The van der Waals surface area contributed by atoms with E-state index in [0.29, 0.717) is 17.2 Å². The lowest BCUT2D eigenvalue weighted by atomic mass is 10.2. The summed E-state index contributed by atoms with van der Waals surface area (Å²) in [5, 5.41) is 0.551. The summed E-state index contributed by atoms with van der Waals surface area (Å²) < 4.78 is 16.8. The number of fused-ring (bicyclic) bond motifs is 3. The summed E-state index contributed by atoms with van der Waals surface area (Å²) in [5.74, 6) is -0.271. The van der Waals surface area contributed by atoms with Crippen molar-refractivity contribution in [2.75, 3.05) is 0 Å². The van der Waals surface area contributed by atoms with Crippen molar-refractivity contribution < 1.29 is 9.18 Å². The standard InChI is InChI=1S/C17H9ClFN3O2/c18-12-4-5-20-16(11(12)9-23)22-7-6-21-14-3-1-2-13(19)10(14)8-15(21)17(22)24/h1-9H. The lowest BCUT2D eigenvalue weighted by molar-refractivity contribution is 0.112. The molecule has 0 aliphatic carbocycles. The summed E-state index contributed by atoms with van der Waals surface area (Å²) in [6.45, 7) is 0. The zero-order valence-electron chi connectivity index (χ0n) is 12.1. The predicted molar refractivity (Wildman–Crippen MR) is 88.7 cm³/mol. The Kier molecular flexibility index (Phi) is 3.21. The van der Waals surface area contributed by atoms with Gasteiger partial charge in [-0.3, -0.25) is 14.2 Å². The number of hydrogen-bond acceptors (Lipinski definition) is 3. The highest BCUT2D eigenvalue weighted by Crippen LogP contribution is 2.22. The summed E-state index contributed by atoms with van der Waals surface area (Å²) in [6, 6.07) is 7.60. The second kappa shape index (κ2) is 5.28. The first-order valence-corrected chi connectivity index (χ1v) is 7.40. The molecule has 118 valence electrons. The number of halogens is 2. The molecule has 0 spiro atoms. The minimum Gasteiger partial charge on any atom is -0.310 e. The van der Waals surface area contributed by atoms with Crippen LogP contribution in [-0.4, -0.2) is 20.2 Å². The molecule has 3 heterocycles. The van der Waals surface area contributed by atoms with Crippen molar-refractivity contribution in [3.05, 3.63) is 75.7 Å². The van der Waals surface area contributed by atoms with Crippen LogP contribution in [0.4, 0.5) is 4.39 Å². The highest BCUT2D eigenvalue weighted by atomic mass is 35.5. The topological polar surface area (TPSA) is 56.4 Å². The minimum atomic E-state index is -0.425. The van der Waals surface area contributed by atoms with Crippen LogP contribution in [0.5, 0.6) is 0 Å². The molecule has 5 nitrogen and oxygen atoms in total. The van der Waals surface area contributed by atoms with Gasteiger partial charge in [0.25, 0.3) is 5.56 Å². The fourth-order valence-electron chi connectivity index (χ4n) is 2.77. The lowest BCUT2D eigenvalue weighted by Crippen LogP contribution is -2.21. The number of benzene rings is 1. The second-order valence-corrected chi connectivity index (χ2v) is 5.60. The molecule has 3 aromatic heterocycles. The summed E-state index contributed by atoms with van der Waals surface area (Å²) in [7, 11) is 0. The van der Waals surface area contributed by atoms with E-state index in [1.165, 1.54) is 35.2 Å². The molecular formula is C17H9ClFN3O2. The van der Waals surface area contributed by atoms with Gasteiger partial charge >= 0.3 is 0 Å². The maximum atomic E-state index is 14.0. The van der Waals surface area contributed by atoms with E-state index in [2.05, 4.69) is 4.98 Å². The predicted octanol–water partition coefficient (Wildman–Crippen LogP) is 3.24. The first-order chi connectivity index (χ1) is 11.6. The Morgan fingerprint density at radius 1 is 1.17 bits per heavy atom. The monoisotopic (exact) mass is 341 g/mol. The van der Waals surface area contributed by atoms with Gasteiger partial charge in [0.05, 0.1) is 16.1 Å². The van der Waals surface area contributed by atoms with Crippen LogP contribution < -0.4 is 5.56 Å². The number of nitrogens with zero attached hydrogens (tertiary/aromatic N) is 3. The number of carbonyl (C=O) groups is 1. The number of aromatic nitrogens is 3. The zero-order valence-corrected chi connectivity index (χ0v) is 12.9. The third kappa shape index (κ3) is 1.97. The first kappa shape index (κ1) is 14.6. The van der Waals surface area contributed by atoms with Crippen molar-refractivity contribution in [1.82, 2.24) is 14.0 Å². The van der Waals surface area contributed by atoms with Crippen LogP contribution in [0.1, 0.15) is 10.4 Å². The van der Waals surface area contributed by atoms with E-state index in [4.69, 9.17) is 11.6 Å². The lowest BCUT2D eigenvalue weighted by Gasteiger charge is -2.09. The van der Waals surface area contributed by atoms with Crippen molar-refractivity contribution in [3.8, 4) is 5.82 Å². The smallest absolute Gasteiger partial charge is 0.280 e. The van der Waals surface area contributed by atoms with Gasteiger partial charge in [0.1, 0.15) is 11.3 Å². The highest BCUT2D eigenvalue weighted by Gasteiger charge is 2.15. The summed E-state index contributed by atoms with van der Waals surface area (Å²) in [5.41, 5.74) is 0.555. The molecule has 4 rings (SSSR count). The normalized spacial score (nSPS) is 11.2. The van der Waals surface area contributed by atoms with Crippen molar-refractivity contribution in [3.63, 3.8) is 0 Å². The zero-order chi connectivity index (χ0) is 16.8. The molecule has 0 unspecified atom stereocenters. The molecule has 0 atom stereocenters. The Morgan fingerprint density at radius 3 is 2.79 bits per heavy atom. The maximum Gasteiger partial charge on any atom is 0.280 e. The Bertz CT molecular complexity index is 1180. The van der Waals surface area contributed by atoms with Crippen LogP contribution >= 0.6 is 11.6 Å². The van der Waals surface area contributed by atoms with Gasteiger partial charge in [-0.2, -0.15) is 0 Å². The van der Waals surface area contributed by atoms with E-state index in [0.717, 1.165) is 0 Å². The molecule has 4 aromatic rings. The minimum absolute atomic E-state index is 0.118. The second-order valence-electron chi connectivity index (χ2n) is 5.19. The number of carbonyl (C=O) groups excluding carboxylic acids is 1. The fraction of sp³-hybridized carbons (Fsp3) is 0. The molecule has 7 heteroatoms. The van der Waals surface area contributed by atoms with Crippen LogP contribution in [-0.2, 0) is 0 Å². The number of hydrogen-bond donors (Lipinski definition) is 0. The van der Waals surface area contributed by atoms with E-state index >= 15 is 0 Å². The average Bonchev–Trinajstić information content (AvgIpc) is 2.96. The van der Waals surface area contributed by atoms with Crippen molar-refractivity contribution in [2.45, 2.75) is 0 Å². The Hall–Kier alpha value is -2.99. The van der Waals surface area contributed by atoms with E-state index in [1.807, 2.05) is 0 Å². The third-order valence-corrected chi connectivity index (χ3v) is 4.22.